The summed E-state index contributed by atoms with van der Waals surface area (Å²) in [5.74, 6) is 0.272. The molecule has 0 atom stereocenters. The third-order valence-electron chi connectivity index (χ3n) is 2.75. The minimum Gasteiger partial charge on any atom is -0.508 e. The predicted octanol–water partition coefficient (Wildman–Crippen LogP) is 1.46. The standard InChI is InChI=1S/C14H22N2O2/c1-15(2)9-4-10-16(3)11-14(18)12-5-7-13(17)8-6-12/h5-8,17H,4,9-11H2,1-3H3. The molecule has 1 aromatic rings. The van der Waals surface area contributed by atoms with Crippen LogP contribution in [-0.4, -0.2) is 61.5 Å². The highest BCUT2D eigenvalue weighted by Gasteiger charge is 2.09. The van der Waals surface area contributed by atoms with E-state index in [-0.39, 0.29) is 11.5 Å². The number of benzene rings is 1. The van der Waals surface area contributed by atoms with Crippen LogP contribution in [0.4, 0.5) is 0 Å². The first-order valence-corrected chi connectivity index (χ1v) is 6.14. The first kappa shape index (κ1) is 14.7. The number of hydrogen-bond acceptors (Lipinski definition) is 4. The fourth-order valence-electron chi connectivity index (χ4n) is 1.72. The second kappa shape index (κ2) is 7.13. The summed E-state index contributed by atoms with van der Waals surface area (Å²) in [6.07, 6.45) is 1.05. The van der Waals surface area contributed by atoms with Crippen LogP contribution in [0.25, 0.3) is 0 Å². The molecule has 100 valence electrons. The Balaban J connectivity index is 2.37. The van der Waals surface area contributed by atoms with E-state index >= 15 is 0 Å². The van der Waals surface area contributed by atoms with Crippen LogP contribution in [0.15, 0.2) is 24.3 Å². The van der Waals surface area contributed by atoms with Crippen LogP contribution in [0.2, 0.25) is 0 Å². The highest BCUT2D eigenvalue weighted by atomic mass is 16.3. The predicted molar refractivity (Wildman–Crippen MR) is 73.1 cm³/mol. The van der Waals surface area contributed by atoms with Gasteiger partial charge < -0.3 is 10.0 Å². The normalized spacial score (nSPS) is 11.2. The van der Waals surface area contributed by atoms with Crippen LogP contribution in [0.1, 0.15) is 16.8 Å². The summed E-state index contributed by atoms with van der Waals surface area (Å²) in [5, 5.41) is 9.16. The maximum atomic E-state index is 11.9. The lowest BCUT2D eigenvalue weighted by Crippen LogP contribution is -2.28. The van der Waals surface area contributed by atoms with Gasteiger partial charge in [0.05, 0.1) is 6.54 Å². The summed E-state index contributed by atoms with van der Waals surface area (Å²) in [6, 6.07) is 6.40. The van der Waals surface area contributed by atoms with E-state index in [9.17, 15) is 4.79 Å². The largest absolute Gasteiger partial charge is 0.508 e. The number of rotatable bonds is 7. The maximum absolute atomic E-state index is 11.9. The Bertz CT molecular complexity index is 374. The van der Waals surface area contributed by atoms with Gasteiger partial charge in [-0.2, -0.15) is 0 Å². The number of carbonyl (C=O) groups excluding carboxylic acids is 1. The van der Waals surface area contributed by atoms with Crippen molar-refractivity contribution in [2.75, 3.05) is 40.8 Å². The molecule has 0 aromatic heterocycles. The van der Waals surface area contributed by atoms with E-state index in [1.165, 1.54) is 0 Å². The van der Waals surface area contributed by atoms with Gasteiger partial charge in [-0.05, 0) is 64.9 Å². The molecule has 0 aliphatic carbocycles. The third-order valence-corrected chi connectivity index (χ3v) is 2.75. The van der Waals surface area contributed by atoms with Gasteiger partial charge in [-0.25, -0.2) is 0 Å². The van der Waals surface area contributed by atoms with E-state index < -0.39 is 0 Å². The van der Waals surface area contributed by atoms with Gasteiger partial charge in [-0.3, -0.25) is 9.69 Å². The summed E-state index contributed by atoms with van der Waals surface area (Å²) < 4.78 is 0. The zero-order valence-corrected chi connectivity index (χ0v) is 11.4. The van der Waals surface area contributed by atoms with Crippen LogP contribution in [0.3, 0.4) is 0 Å². The van der Waals surface area contributed by atoms with Crippen LogP contribution in [0, 0.1) is 0 Å². The molecule has 0 saturated carbocycles. The summed E-state index contributed by atoms with van der Waals surface area (Å²) >= 11 is 0. The van der Waals surface area contributed by atoms with E-state index in [4.69, 9.17) is 5.11 Å². The lowest BCUT2D eigenvalue weighted by atomic mass is 10.1. The molecular weight excluding hydrogens is 228 g/mol. The molecule has 18 heavy (non-hydrogen) atoms. The number of carbonyl (C=O) groups is 1. The van der Waals surface area contributed by atoms with Crippen molar-refractivity contribution < 1.29 is 9.90 Å². The van der Waals surface area contributed by atoms with Gasteiger partial charge in [0, 0.05) is 5.56 Å². The fourth-order valence-corrected chi connectivity index (χ4v) is 1.72. The minimum absolute atomic E-state index is 0.0855. The van der Waals surface area contributed by atoms with Gasteiger partial charge in [-0.1, -0.05) is 0 Å². The van der Waals surface area contributed by atoms with E-state index in [0.717, 1.165) is 19.5 Å². The summed E-state index contributed by atoms with van der Waals surface area (Å²) in [6.45, 7) is 2.35. The molecule has 0 amide bonds. The second-order valence-corrected chi connectivity index (χ2v) is 4.86. The lowest BCUT2D eigenvalue weighted by molar-refractivity contribution is 0.0944. The van der Waals surface area contributed by atoms with Crippen molar-refractivity contribution in [3.05, 3.63) is 29.8 Å². The van der Waals surface area contributed by atoms with Crippen LogP contribution >= 0.6 is 0 Å². The van der Waals surface area contributed by atoms with Gasteiger partial charge in [0.1, 0.15) is 5.75 Å². The Morgan fingerprint density at radius 3 is 2.28 bits per heavy atom. The zero-order chi connectivity index (χ0) is 13.5. The Kier molecular flexibility index (Phi) is 5.82. The molecule has 0 fully saturated rings. The van der Waals surface area contributed by atoms with Crippen LogP contribution < -0.4 is 0 Å². The van der Waals surface area contributed by atoms with Crippen molar-refractivity contribution in [2.24, 2.45) is 0 Å². The highest BCUT2D eigenvalue weighted by Crippen LogP contribution is 2.10. The van der Waals surface area contributed by atoms with Gasteiger partial charge in [0.25, 0.3) is 0 Å². The lowest BCUT2D eigenvalue weighted by Gasteiger charge is -2.17. The first-order valence-electron chi connectivity index (χ1n) is 6.14. The molecule has 0 spiro atoms. The summed E-state index contributed by atoms with van der Waals surface area (Å²) in [5.41, 5.74) is 0.646. The highest BCUT2D eigenvalue weighted by molar-refractivity contribution is 5.97. The number of hydrogen-bond donors (Lipinski definition) is 1. The van der Waals surface area contributed by atoms with Gasteiger partial charge >= 0.3 is 0 Å². The van der Waals surface area contributed by atoms with Crippen molar-refractivity contribution in [3.8, 4) is 5.75 Å². The van der Waals surface area contributed by atoms with Crippen molar-refractivity contribution in [1.82, 2.24) is 9.80 Å². The molecule has 0 saturated heterocycles. The molecule has 0 heterocycles. The topological polar surface area (TPSA) is 43.8 Å². The van der Waals surface area contributed by atoms with Crippen molar-refractivity contribution in [3.63, 3.8) is 0 Å². The van der Waals surface area contributed by atoms with E-state index in [1.807, 2.05) is 26.0 Å². The number of Topliss-reactive ketones (excluding diaryl/α,β-unsaturated/α-hetero) is 1. The average Bonchev–Trinajstić information content (AvgIpc) is 2.29. The van der Waals surface area contributed by atoms with Crippen molar-refractivity contribution >= 4 is 5.78 Å². The van der Waals surface area contributed by atoms with Gasteiger partial charge in [-0.15, -0.1) is 0 Å². The number of phenols is 1. The van der Waals surface area contributed by atoms with Crippen LogP contribution in [-0.2, 0) is 0 Å². The molecule has 0 bridgehead atoms. The van der Waals surface area contributed by atoms with Gasteiger partial charge in [0.2, 0.25) is 0 Å². The molecule has 0 radical (unpaired) electrons. The minimum atomic E-state index is 0.0855. The monoisotopic (exact) mass is 250 g/mol. The Morgan fingerprint density at radius 1 is 1.11 bits per heavy atom. The molecule has 4 heteroatoms. The Labute approximate surface area is 109 Å². The number of aromatic hydroxyl groups is 1. The smallest absolute Gasteiger partial charge is 0.176 e. The van der Waals surface area contributed by atoms with Crippen molar-refractivity contribution in [1.29, 1.82) is 0 Å². The zero-order valence-electron chi connectivity index (χ0n) is 11.4. The van der Waals surface area contributed by atoms with E-state index in [2.05, 4.69) is 4.90 Å². The molecule has 0 aliphatic heterocycles. The molecular formula is C14H22N2O2. The van der Waals surface area contributed by atoms with Crippen molar-refractivity contribution in [2.45, 2.75) is 6.42 Å². The molecule has 0 aliphatic rings. The van der Waals surface area contributed by atoms with E-state index in [1.54, 1.807) is 24.3 Å². The molecule has 4 nitrogen and oxygen atoms in total. The van der Waals surface area contributed by atoms with Crippen LogP contribution in [0.5, 0.6) is 5.75 Å². The van der Waals surface area contributed by atoms with Gasteiger partial charge in [0.15, 0.2) is 5.78 Å². The Hall–Kier alpha value is -1.39. The first-order chi connectivity index (χ1) is 8.49. The number of nitrogens with zero attached hydrogens (tertiary/aromatic N) is 2. The third kappa shape index (κ3) is 5.29. The summed E-state index contributed by atoms with van der Waals surface area (Å²) in [7, 11) is 6.04. The molecule has 1 N–H and O–H groups in total. The quantitative estimate of drug-likeness (QED) is 0.744. The molecule has 1 aromatic carbocycles. The average molecular weight is 250 g/mol. The number of ketones is 1. The number of likely N-dealkylation sites (N-methyl/N-ethyl adjacent to an activating group) is 1. The molecule has 0 unspecified atom stereocenters. The second-order valence-electron chi connectivity index (χ2n) is 4.86. The number of phenolic OH excluding ortho intramolecular Hbond substituents is 1. The van der Waals surface area contributed by atoms with E-state index in [0.29, 0.717) is 12.1 Å². The fraction of sp³-hybridized carbons (Fsp3) is 0.500. The maximum Gasteiger partial charge on any atom is 0.176 e. The SMILES string of the molecule is CN(C)CCCN(C)CC(=O)c1ccc(O)cc1. The molecule has 1 rings (SSSR count). The summed E-state index contributed by atoms with van der Waals surface area (Å²) in [4.78, 5) is 16.1. The Morgan fingerprint density at radius 2 is 1.72 bits per heavy atom.